The molecule has 4 heteroatoms. The van der Waals surface area contributed by atoms with Gasteiger partial charge in [0, 0.05) is 18.7 Å². The van der Waals surface area contributed by atoms with Gasteiger partial charge in [-0.3, -0.25) is 0 Å². The molecule has 1 aromatic heterocycles. The van der Waals surface area contributed by atoms with E-state index >= 15 is 0 Å². The van der Waals surface area contributed by atoms with E-state index in [1.54, 1.807) is 0 Å². The Kier molecular flexibility index (Phi) is 5.74. The average Bonchev–Trinajstić information content (AvgIpc) is 2.91. The first-order chi connectivity index (χ1) is 9.86. The molecular weight excluding hydrogens is 248 g/mol. The smallest absolute Gasteiger partial charge is 0.104 e. The summed E-state index contributed by atoms with van der Waals surface area (Å²) in [6, 6.07) is 10.3. The Labute approximate surface area is 121 Å². The predicted octanol–water partition coefficient (Wildman–Crippen LogP) is 3.37. The van der Waals surface area contributed by atoms with Gasteiger partial charge >= 0.3 is 0 Å². The Bertz CT molecular complexity index is 504. The summed E-state index contributed by atoms with van der Waals surface area (Å²) < 4.78 is 2.00. The van der Waals surface area contributed by atoms with Gasteiger partial charge < -0.3 is 5.73 Å². The van der Waals surface area contributed by atoms with E-state index in [2.05, 4.69) is 29.4 Å². The van der Waals surface area contributed by atoms with Gasteiger partial charge in [-0.2, -0.15) is 0 Å². The van der Waals surface area contributed by atoms with E-state index < -0.39 is 0 Å². The second kappa shape index (κ2) is 7.80. The summed E-state index contributed by atoms with van der Waals surface area (Å²) in [5.74, 6) is 0. The van der Waals surface area contributed by atoms with Gasteiger partial charge in [0.25, 0.3) is 0 Å². The fourth-order valence-corrected chi connectivity index (χ4v) is 2.42. The monoisotopic (exact) mass is 272 g/mol. The van der Waals surface area contributed by atoms with Crippen molar-refractivity contribution in [3.8, 4) is 11.3 Å². The van der Waals surface area contributed by atoms with Crippen LogP contribution in [0.4, 0.5) is 0 Å². The minimum Gasteiger partial charge on any atom is -0.325 e. The second-order valence-corrected chi connectivity index (χ2v) is 5.09. The topological polar surface area (TPSA) is 56.7 Å². The summed E-state index contributed by atoms with van der Waals surface area (Å²) in [6.07, 6.45) is 6.29. The molecule has 0 saturated carbocycles. The molecule has 0 atom stereocenters. The molecule has 0 radical (unpaired) electrons. The molecular formula is C16H24N4. The molecule has 2 rings (SSSR count). The largest absolute Gasteiger partial charge is 0.325 e. The highest BCUT2D eigenvalue weighted by molar-refractivity contribution is 5.61. The van der Waals surface area contributed by atoms with Crippen LogP contribution < -0.4 is 5.73 Å². The van der Waals surface area contributed by atoms with Crippen molar-refractivity contribution in [3.63, 3.8) is 0 Å². The van der Waals surface area contributed by atoms with Crippen LogP contribution >= 0.6 is 0 Å². The lowest BCUT2D eigenvalue weighted by atomic mass is 10.1. The minimum absolute atomic E-state index is 0.431. The van der Waals surface area contributed by atoms with Crippen LogP contribution in [0, 0.1) is 0 Å². The number of aryl methyl sites for hydroxylation is 1. The molecule has 2 aromatic rings. The van der Waals surface area contributed by atoms with E-state index in [0.29, 0.717) is 6.54 Å². The molecule has 0 amide bonds. The van der Waals surface area contributed by atoms with Crippen molar-refractivity contribution in [1.29, 1.82) is 0 Å². The van der Waals surface area contributed by atoms with Gasteiger partial charge in [0.05, 0.1) is 5.69 Å². The summed E-state index contributed by atoms with van der Waals surface area (Å²) in [7, 11) is 0. The average molecular weight is 272 g/mol. The van der Waals surface area contributed by atoms with Crippen molar-refractivity contribution >= 4 is 0 Å². The quantitative estimate of drug-likeness (QED) is 0.749. The SMILES string of the molecule is CCCCCCCn1nnc(CN)c1-c1ccccc1. The summed E-state index contributed by atoms with van der Waals surface area (Å²) >= 11 is 0. The first kappa shape index (κ1) is 14.7. The van der Waals surface area contributed by atoms with Crippen molar-refractivity contribution in [3.05, 3.63) is 36.0 Å². The number of benzene rings is 1. The third kappa shape index (κ3) is 3.67. The van der Waals surface area contributed by atoms with Gasteiger partial charge in [-0.1, -0.05) is 68.2 Å². The third-order valence-electron chi connectivity index (χ3n) is 3.52. The fourth-order valence-electron chi connectivity index (χ4n) is 2.42. The highest BCUT2D eigenvalue weighted by atomic mass is 15.4. The molecule has 1 heterocycles. The maximum absolute atomic E-state index is 5.78. The lowest BCUT2D eigenvalue weighted by Gasteiger charge is -2.07. The van der Waals surface area contributed by atoms with Crippen LogP contribution in [-0.4, -0.2) is 15.0 Å². The Morgan fingerprint density at radius 3 is 2.50 bits per heavy atom. The van der Waals surface area contributed by atoms with E-state index in [4.69, 9.17) is 5.73 Å². The Balaban J connectivity index is 2.08. The van der Waals surface area contributed by atoms with Gasteiger partial charge in [0.15, 0.2) is 0 Å². The van der Waals surface area contributed by atoms with Crippen LogP contribution in [0.25, 0.3) is 11.3 Å². The van der Waals surface area contributed by atoms with Gasteiger partial charge in [0.1, 0.15) is 5.69 Å². The predicted molar refractivity (Wildman–Crippen MR) is 82.1 cm³/mol. The van der Waals surface area contributed by atoms with E-state index in [0.717, 1.165) is 29.9 Å². The number of nitrogens with zero attached hydrogens (tertiary/aromatic N) is 3. The van der Waals surface area contributed by atoms with Crippen LogP contribution in [0.5, 0.6) is 0 Å². The summed E-state index contributed by atoms with van der Waals surface area (Å²) in [5.41, 5.74) is 8.88. The normalized spacial score (nSPS) is 10.9. The van der Waals surface area contributed by atoms with Gasteiger partial charge in [-0.15, -0.1) is 5.10 Å². The van der Waals surface area contributed by atoms with Crippen LogP contribution in [0.2, 0.25) is 0 Å². The molecule has 20 heavy (non-hydrogen) atoms. The molecule has 1 aromatic carbocycles. The maximum atomic E-state index is 5.78. The highest BCUT2D eigenvalue weighted by Gasteiger charge is 2.13. The fraction of sp³-hybridized carbons (Fsp3) is 0.500. The molecule has 0 saturated heterocycles. The van der Waals surface area contributed by atoms with Crippen molar-refractivity contribution in [2.24, 2.45) is 5.73 Å². The molecule has 0 unspecified atom stereocenters. The molecule has 0 bridgehead atoms. The molecule has 2 N–H and O–H groups in total. The zero-order valence-corrected chi connectivity index (χ0v) is 12.3. The molecule has 0 aliphatic carbocycles. The van der Waals surface area contributed by atoms with Crippen molar-refractivity contribution in [2.75, 3.05) is 0 Å². The van der Waals surface area contributed by atoms with Crippen LogP contribution in [0.15, 0.2) is 30.3 Å². The third-order valence-corrected chi connectivity index (χ3v) is 3.52. The van der Waals surface area contributed by atoms with Crippen LogP contribution in [-0.2, 0) is 13.1 Å². The number of hydrogen-bond donors (Lipinski definition) is 1. The summed E-state index contributed by atoms with van der Waals surface area (Å²) in [4.78, 5) is 0. The number of unbranched alkanes of at least 4 members (excludes halogenated alkanes) is 4. The van der Waals surface area contributed by atoms with Crippen LogP contribution in [0.3, 0.4) is 0 Å². The maximum Gasteiger partial charge on any atom is 0.104 e. The summed E-state index contributed by atoms with van der Waals surface area (Å²) in [6.45, 7) is 3.58. The molecule has 0 fully saturated rings. The van der Waals surface area contributed by atoms with Gasteiger partial charge in [-0.05, 0) is 6.42 Å². The molecule has 108 valence electrons. The minimum atomic E-state index is 0.431. The standard InChI is InChI=1S/C16H24N4/c1-2-3-4-5-9-12-20-16(15(13-17)18-19-20)14-10-7-6-8-11-14/h6-8,10-11H,2-5,9,12-13,17H2,1H3. The number of hydrogen-bond acceptors (Lipinski definition) is 3. The van der Waals surface area contributed by atoms with Gasteiger partial charge in [0.2, 0.25) is 0 Å². The summed E-state index contributed by atoms with van der Waals surface area (Å²) in [5, 5.41) is 8.48. The Hall–Kier alpha value is -1.68. The highest BCUT2D eigenvalue weighted by Crippen LogP contribution is 2.22. The molecule has 0 spiro atoms. The number of rotatable bonds is 8. The van der Waals surface area contributed by atoms with Gasteiger partial charge in [-0.25, -0.2) is 4.68 Å². The van der Waals surface area contributed by atoms with E-state index in [9.17, 15) is 0 Å². The second-order valence-electron chi connectivity index (χ2n) is 5.09. The van der Waals surface area contributed by atoms with E-state index in [-0.39, 0.29) is 0 Å². The lowest BCUT2D eigenvalue weighted by Crippen LogP contribution is -2.04. The van der Waals surface area contributed by atoms with Crippen molar-refractivity contribution < 1.29 is 0 Å². The van der Waals surface area contributed by atoms with E-state index in [1.807, 2.05) is 22.9 Å². The molecule has 4 nitrogen and oxygen atoms in total. The zero-order valence-electron chi connectivity index (χ0n) is 12.3. The van der Waals surface area contributed by atoms with Crippen LogP contribution in [0.1, 0.15) is 44.7 Å². The Morgan fingerprint density at radius 2 is 1.80 bits per heavy atom. The lowest BCUT2D eigenvalue weighted by molar-refractivity contribution is 0.524. The molecule has 0 aliphatic rings. The van der Waals surface area contributed by atoms with Crippen molar-refractivity contribution in [2.45, 2.75) is 52.1 Å². The zero-order chi connectivity index (χ0) is 14.2. The molecule has 0 aliphatic heterocycles. The Morgan fingerprint density at radius 1 is 1.05 bits per heavy atom. The van der Waals surface area contributed by atoms with E-state index in [1.165, 1.54) is 25.7 Å². The first-order valence-electron chi connectivity index (χ1n) is 7.54. The number of nitrogens with two attached hydrogens (primary N) is 1. The first-order valence-corrected chi connectivity index (χ1v) is 7.54. The van der Waals surface area contributed by atoms with Crippen molar-refractivity contribution in [1.82, 2.24) is 15.0 Å². The number of aromatic nitrogens is 3.